The summed E-state index contributed by atoms with van der Waals surface area (Å²) < 4.78 is 11.9. The van der Waals surface area contributed by atoms with Gasteiger partial charge in [-0.05, 0) is 36.8 Å². The Hall–Kier alpha value is -2.48. The molecule has 4 aromatic rings. The molecule has 0 bridgehead atoms. The molecule has 0 amide bonds. The van der Waals surface area contributed by atoms with Crippen LogP contribution in [-0.4, -0.2) is 35.2 Å². The first-order valence-electron chi connectivity index (χ1n) is 8.33. The van der Waals surface area contributed by atoms with Crippen LogP contribution < -0.4 is 15.2 Å². The smallest absolute Gasteiger partial charge is 0.232 e. The molecule has 6 nitrogen and oxygen atoms in total. The first-order chi connectivity index (χ1) is 13.1. The number of rotatable bonds is 5. The number of nitrogens with zero attached hydrogens (tertiary/aromatic N) is 3. The van der Waals surface area contributed by atoms with Gasteiger partial charge in [0, 0.05) is 17.1 Å². The topological polar surface area (TPSA) is 83.2 Å². The molecule has 138 valence electrons. The summed E-state index contributed by atoms with van der Waals surface area (Å²) in [5, 5.41) is 1.40. The number of thiazole rings is 1. The molecule has 0 spiro atoms. The Morgan fingerprint density at radius 1 is 1.15 bits per heavy atom. The summed E-state index contributed by atoms with van der Waals surface area (Å²) >= 11 is 7.88. The summed E-state index contributed by atoms with van der Waals surface area (Å²) in [7, 11) is 1.56. The third kappa shape index (κ3) is 3.41. The molecule has 4 rings (SSSR count). The maximum Gasteiger partial charge on any atom is 0.232 e. The van der Waals surface area contributed by atoms with E-state index in [1.165, 1.54) is 0 Å². The molecule has 2 aromatic heterocycles. The molecule has 0 saturated heterocycles. The molecule has 0 radical (unpaired) electrons. The monoisotopic (exact) mass is 400 g/mol. The van der Waals surface area contributed by atoms with E-state index < -0.39 is 0 Å². The van der Waals surface area contributed by atoms with Crippen LogP contribution in [0.25, 0.3) is 31.8 Å². The molecular weight excluding hydrogens is 384 g/mol. The zero-order valence-corrected chi connectivity index (χ0v) is 16.4. The number of ether oxygens (including phenoxy) is 2. The van der Waals surface area contributed by atoms with E-state index in [0.717, 1.165) is 37.6 Å². The molecule has 0 aliphatic carbocycles. The summed E-state index contributed by atoms with van der Waals surface area (Å²) in [4.78, 5) is 13.8. The molecule has 0 unspecified atom stereocenters. The van der Waals surface area contributed by atoms with Gasteiger partial charge in [-0.25, -0.2) is 15.0 Å². The largest absolute Gasteiger partial charge is 0.492 e. The molecule has 8 heteroatoms. The molecule has 2 aromatic carbocycles. The first-order valence-corrected chi connectivity index (χ1v) is 9.53. The average molecular weight is 401 g/mol. The van der Waals surface area contributed by atoms with Crippen LogP contribution in [0, 0.1) is 6.92 Å². The van der Waals surface area contributed by atoms with Crippen LogP contribution in [0.2, 0.25) is 5.02 Å². The summed E-state index contributed by atoms with van der Waals surface area (Å²) in [6, 6.07) is 7.60. The summed E-state index contributed by atoms with van der Waals surface area (Å²) in [5.41, 5.74) is 9.75. The second-order valence-corrected chi connectivity index (χ2v) is 7.44. The van der Waals surface area contributed by atoms with Crippen molar-refractivity contribution >= 4 is 44.2 Å². The van der Waals surface area contributed by atoms with E-state index >= 15 is 0 Å². The van der Waals surface area contributed by atoms with Gasteiger partial charge in [-0.2, -0.15) is 0 Å². The number of hydrogen-bond donors (Lipinski definition) is 1. The van der Waals surface area contributed by atoms with E-state index in [2.05, 4.69) is 9.97 Å². The van der Waals surface area contributed by atoms with Gasteiger partial charge >= 0.3 is 0 Å². The molecule has 2 heterocycles. The SMILES string of the molecule is COc1cnc2c(-c3nc4c(C)cc(OCCN)cc4s3)cc(Cl)cc2n1. The number of aryl methyl sites for hydroxylation is 1. The number of halogens is 1. The highest BCUT2D eigenvalue weighted by atomic mass is 35.5. The van der Waals surface area contributed by atoms with Gasteiger partial charge < -0.3 is 15.2 Å². The summed E-state index contributed by atoms with van der Waals surface area (Å²) in [6.45, 7) is 2.97. The Labute approximate surface area is 164 Å². The standard InChI is InChI=1S/C19H17ClN4O2S/c1-10-5-12(26-4-3-21)8-15-17(10)24-19(27-15)13-6-11(20)7-14-18(13)22-9-16(23-14)25-2/h5-9H,3-4,21H2,1-2H3. The lowest BCUT2D eigenvalue weighted by molar-refractivity contribution is 0.328. The highest BCUT2D eigenvalue weighted by molar-refractivity contribution is 7.21. The predicted molar refractivity (Wildman–Crippen MR) is 109 cm³/mol. The lowest BCUT2D eigenvalue weighted by Gasteiger charge is -2.05. The fraction of sp³-hybridized carbons (Fsp3) is 0.211. The van der Waals surface area contributed by atoms with Crippen molar-refractivity contribution in [3.63, 3.8) is 0 Å². The van der Waals surface area contributed by atoms with Crippen LogP contribution in [0.1, 0.15) is 5.56 Å². The van der Waals surface area contributed by atoms with Crippen molar-refractivity contribution in [1.29, 1.82) is 0 Å². The molecule has 0 saturated carbocycles. The van der Waals surface area contributed by atoms with Crippen molar-refractivity contribution in [2.24, 2.45) is 5.73 Å². The van der Waals surface area contributed by atoms with E-state index in [-0.39, 0.29) is 0 Å². The minimum Gasteiger partial charge on any atom is -0.492 e. The number of hydrogen-bond acceptors (Lipinski definition) is 7. The van der Waals surface area contributed by atoms with Crippen molar-refractivity contribution in [1.82, 2.24) is 15.0 Å². The number of benzene rings is 2. The molecular formula is C19H17ClN4O2S. The lowest BCUT2D eigenvalue weighted by atomic mass is 10.1. The quantitative estimate of drug-likeness (QED) is 0.540. The van der Waals surface area contributed by atoms with E-state index in [1.807, 2.05) is 25.1 Å². The van der Waals surface area contributed by atoms with Crippen molar-refractivity contribution in [3.8, 4) is 22.2 Å². The molecule has 0 aliphatic rings. The second-order valence-electron chi connectivity index (χ2n) is 5.98. The lowest BCUT2D eigenvalue weighted by Crippen LogP contribution is -2.10. The molecule has 0 atom stereocenters. The van der Waals surface area contributed by atoms with Crippen molar-refractivity contribution in [2.45, 2.75) is 6.92 Å². The van der Waals surface area contributed by atoms with E-state index in [0.29, 0.717) is 29.6 Å². The molecule has 0 aliphatic heterocycles. The van der Waals surface area contributed by atoms with Gasteiger partial charge in [-0.15, -0.1) is 11.3 Å². The second kappa shape index (κ2) is 7.26. The molecule has 27 heavy (non-hydrogen) atoms. The minimum absolute atomic E-state index is 0.442. The Balaban J connectivity index is 1.88. The fourth-order valence-electron chi connectivity index (χ4n) is 2.87. The normalized spacial score (nSPS) is 11.3. The van der Waals surface area contributed by atoms with Crippen molar-refractivity contribution in [2.75, 3.05) is 20.3 Å². The first kappa shape index (κ1) is 17.9. The Bertz CT molecular complexity index is 1150. The molecule has 2 N–H and O–H groups in total. The Kier molecular flexibility index (Phi) is 4.82. The van der Waals surface area contributed by atoms with Gasteiger partial charge in [0.25, 0.3) is 0 Å². The van der Waals surface area contributed by atoms with Crippen LogP contribution >= 0.6 is 22.9 Å². The number of methoxy groups -OCH3 is 1. The van der Waals surface area contributed by atoms with E-state index in [1.54, 1.807) is 30.7 Å². The Morgan fingerprint density at radius 3 is 2.78 bits per heavy atom. The van der Waals surface area contributed by atoms with Crippen LogP contribution in [-0.2, 0) is 0 Å². The van der Waals surface area contributed by atoms with E-state index in [9.17, 15) is 0 Å². The predicted octanol–water partition coefficient (Wildman–Crippen LogP) is 4.21. The van der Waals surface area contributed by atoms with Gasteiger partial charge in [0.05, 0.1) is 34.6 Å². The maximum atomic E-state index is 6.32. The number of fused-ring (bicyclic) bond motifs is 2. The van der Waals surface area contributed by atoms with Crippen molar-refractivity contribution < 1.29 is 9.47 Å². The minimum atomic E-state index is 0.442. The number of nitrogens with two attached hydrogens (primary N) is 1. The third-order valence-electron chi connectivity index (χ3n) is 4.07. The number of aromatic nitrogens is 3. The van der Waals surface area contributed by atoms with Gasteiger partial charge in [0.15, 0.2) is 0 Å². The Morgan fingerprint density at radius 2 is 2.00 bits per heavy atom. The molecule has 0 fully saturated rings. The van der Waals surface area contributed by atoms with Crippen LogP contribution in [0.15, 0.2) is 30.5 Å². The highest BCUT2D eigenvalue weighted by Gasteiger charge is 2.15. The van der Waals surface area contributed by atoms with Crippen LogP contribution in [0.4, 0.5) is 0 Å². The van der Waals surface area contributed by atoms with Crippen molar-refractivity contribution in [3.05, 3.63) is 41.0 Å². The van der Waals surface area contributed by atoms with Gasteiger partial charge in [0.1, 0.15) is 17.4 Å². The van der Waals surface area contributed by atoms with Gasteiger partial charge in [0.2, 0.25) is 5.88 Å². The zero-order chi connectivity index (χ0) is 19.0. The van der Waals surface area contributed by atoms with E-state index in [4.69, 9.17) is 31.8 Å². The van der Waals surface area contributed by atoms with Gasteiger partial charge in [-0.1, -0.05) is 11.6 Å². The third-order valence-corrected chi connectivity index (χ3v) is 5.33. The van der Waals surface area contributed by atoms with Crippen LogP contribution in [0.5, 0.6) is 11.6 Å². The highest BCUT2D eigenvalue weighted by Crippen LogP contribution is 2.38. The zero-order valence-electron chi connectivity index (χ0n) is 14.8. The fourth-order valence-corrected chi connectivity index (χ4v) is 4.18. The van der Waals surface area contributed by atoms with Gasteiger partial charge in [-0.3, -0.25) is 0 Å². The van der Waals surface area contributed by atoms with Crippen LogP contribution in [0.3, 0.4) is 0 Å². The summed E-state index contributed by atoms with van der Waals surface area (Å²) in [5.74, 6) is 1.23. The summed E-state index contributed by atoms with van der Waals surface area (Å²) in [6.07, 6.45) is 1.59. The maximum absolute atomic E-state index is 6.32. The average Bonchev–Trinajstić information content (AvgIpc) is 3.09.